The van der Waals surface area contributed by atoms with Crippen LogP contribution in [-0.4, -0.2) is 39.2 Å². The van der Waals surface area contributed by atoms with Gasteiger partial charge in [0.2, 0.25) is 11.5 Å². The quantitative estimate of drug-likeness (QED) is 0.108. The van der Waals surface area contributed by atoms with Crippen molar-refractivity contribution in [3.8, 4) is 17.1 Å². The second-order valence-corrected chi connectivity index (χ2v) is 12.8. The normalized spacial score (nSPS) is 16.6. The average molecular weight is 683 g/mol. The number of pyridine rings is 2. The molecule has 2 unspecified atom stereocenters. The molecule has 2 aromatic heterocycles. The average Bonchev–Trinajstić information content (AvgIpc) is 3.48. The van der Waals surface area contributed by atoms with Gasteiger partial charge in [0.25, 0.3) is 5.56 Å². The standard InChI is InChI=1S/C38H42N4O8/c1-4-23(9-7-8-16-39)34(44)40-24-12-10-22(11-13-24)20-49-37(47)50-38(6-3)30-18-32-33-28(19-42(32)35(45)29(30)21-48-36(38)46)26(5-2)27-17-25(43)14-15-31(27)41-33/h10-15,17-18,23,43H,4-9,16,19-21,39H2,1-3H3,(H,40,44). The molecule has 6 rings (SSSR count). The van der Waals surface area contributed by atoms with Crippen LogP contribution < -0.4 is 16.6 Å². The summed E-state index contributed by atoms with van der Waals surface area (Å²) in [4.78, 5) is 58.1. The first-order valence-electron chi connectivity index (χ1n) is 17.2. The van der Waals surface area contributed by atoms with E-state index in [2.05, 4.69) is 5.32 Å². The number of aryl methyl sites for hydroxylation is 1. The number of hydrogen-bond acceptors (Lipinski definition) is 10. The highest BCUT2D eigenvalue weighted by atomic mass is 16.7. The van der Waals surface area contributed by atoms with Gasteiger partial charge in [-0.2, -0.15) is 0 Å². The van der Waals surface area contributed by atoms with Crippen LogP contribution in [0.3, 0.4) is 0 Å². The van der Waals surface area contributed by atoms with Crippen molar-refractivity contribution in [2.45, 2.75) is 84.7 Å². The lowest BCUT2D eigenvalue weighted by Gasteiger charge is -2.35. The number of aromatic hydroxyl groups is 1. The number of phenols is 1. The van der Waals surface area contributed by atoms with Crippen LogP contribution in [0.5, 0.6) is 5.75 Å². The lowest BCUT2D eigenvalue weighted by atomic mass is 9.85. The number of unbranched alkanes of at least 4 members (excludes halogenated alkanes) is 1. The number of fused-ring (bicyclic) bond motifs is 5. The van der Waals surface area contributed by atoms with E-state index in [4.69, 9.17) is 24.9 Å². The summed E-state index contributed by atoms with van der Waals surface area (Å²) in [5, 5.41) is 13.9. The SMILES string of the molecule is CCc1c2c(nc3ccc(O)cc13)-c1cc3c(c(=O)n1C2)COC(=O)C3(CC)OC(=O)OCc1ccc(NC(=O)C(CC)CCCCN)cc1. The lowest BCUT2D eigenvalue weighted by Crippen LogP contribution is -2.47. The number of amides is 1. The summed E-state index contributed by atoms with van der Waals surface area (Å²) >= 11 is 0. The second kappa shape index (κ2) is 14.3. The minimum atomic E-state index is -1.91. The summed E-state index contributed by atoms with van der Waals surface area (Å²) < 4.78 is 18.3. The second-order valence-electron chi connectivity index (χ2n) is 12.8. The Bertz CT molecular complexity index is 2020. The highest BCUT2D eigenvalue weighted by Crippen LogP contribution is 2.42. The Balaban J connectivity index is 1.21. The number of hydrogen-bond donors (Lipinski definition) is 3. The van der Waals surface area contributed by atoms with Gasteiger partial charge in [0.05, 0.1) is 29.0 Å². The monoisotopic (exact) mass is 682 g/mol. The Morgan fingerprint density at radius 1 is 1.08 bits per heavy atom. The molecule has 50 heavy (non-hydrogen) atoms. The number of nitrogens with zero attached hydrogens (tertiary/aromatic N) is 2. The van der Waals surface area contributed by atoms with Crippen LogP contribution in [0.2, 0.25) is 0 Å². The topological polar surface area (TPSA) is 172 Å². The molecule has 0 saturated carbocycles. The van der Waals surface area contributed by atoms with Gasteiger partial charge >= 0.3 is 12.1 Å². The molecule has 12 nitrogen and oxygen atoms in total. The van der Waals surface area contributed by atoms with Crippen molar-refractivity contribution in [3.63, 3.8) is 0 Å². The summed E-state index contributed by atoms with van der Waals surface area (Å²) in [6.07, 6.45) is 2.82. The fourth-order valence-electron chi connectivity index (χ4n) is 7.01. The molecule has 4 aromatic rings. The first kappa shape index (κ1) is 34.6. The molecular formula is C38H42N4O8. The third-order valence-corrected chi connectivity index (χ3v) is 9.82. The molecule has 0 radical (unpaired) electrons. The van der Waals surface area contributed by atoms with Crippen molar-refractivity contribution in [2.24, 2.45) is 11.7 Å². The molecule has 12 heteroatoms. The van der Waals surface area contributed by atoms with Gasteiger partial charge in [-0.1, -0.05) is 39.3 Å². The maximum atomic E-state index is 13.9. The van der Waals surface area contributed by atoms with Gasteiger partial charge in [0.1, 0.15) is 19.0 Å². The van der Waals surface area contributed by atoms with Crippen LogP contribution in [0.4, 0.5) is 10.5 Å². The molecule has 2 aliphatic heterocycles. The third-order valence-electron chi connectivity index (χ3n) is 9.82. The molecule has 1 amide bonds. The Hall–Kier alpha value is -5.23. The van der Waals surface area contributed by atoms with E-state index in [0.717, 1.165) is 42.2 Å². The van der Waals surface area contributed by atoms with E-state index in [1.807, 2.05) is 13.8 Å². The number of esters is 1. The Morgan fingerprint density at radius 3 is 2.56 bits per heavy atom. The summed E-state index contributed by atoms with van der Waals surface area (Å²) in [6, 6.07) is 13.6. The minimum absolute atomic E-state index is 0.00626. The predicted molar refractivity (Wildman–Crippen MR) is 186 cm³/mol. The summed E-state index contributed by atoms with van der Waals surface area (Å²) in [5.74, 6) is -0.822. The number of carbonyl (C=O) groups is 3. The van der Waals surface area contributed by atoms with Crippen LogP contribution in [0, 0.1) is 5.92 Å². The molecular weight excluding hydrogens is 640 g/mol. The molecule has 2 atom stereocenters. The Labute approximate surface area is 289 Å². The highest BCUT2D eigenvalue weighted by molar-refractivity contribution is 5.92. The lowest BCUT2D eigenvalue weighted by molar-refractivity contribution is -0.175. The van der Waals surface area contributed by atoms with Gasteiger partial charge in [0.15, 0.2) is 0 Å². The minimum Gasteiger partial charge on any atom is -0.508 e. The predicted octanol–water partition coefficient (Wildman–Crippen LogP) is 5.80. The number of rotatable bonds is 12. The van der Waals surface area contributed by atoms with E-state index >= 15 is 0 Å². The van der Waals surface area contributed by atoms with Crippen LogP contribution in [0.15, 0.2) is 53.3 Å². The maximum Gasteiger partial charge on any atom is 0.510 e. The molecule has 262 valence electrons. The number of nitrogens with two attached hydrogens (primary N) is 1. The zero-order valence-electron chi connectivity index (χ0n) is 28.5. The van der Waals surface area contributed by atoms with Gasteiger partial charge in [-0.15, -0.1) is 0 Å². The fraction of sp³-hybridized carbons (Fsp3) is 0.395. The zero-order valence-corrected chi connectivity index (χ0v) is 28.5. The number of aromatic nitrogens is 2. The third kappa shape index (κ3) is 6.31. The molecule has 2 aromatic carbocycles. The van der Waals surface area contributed by atoms with E-state index in [1.165, 1.54) is 0 Å². The van der Waals surface area contributed by atoms with Crippen molar-refractivity contribution < 1.29 is 33.7 Å². The largest absolute Gasteiger partial charge is 0.510 e. The smallest absolute Gasteiger partial charge is 0.508 e. The molecule has 0 aliphatic carbocycles. The van der Waals surface area contributed by atoms with Crippen LogP contribution in [0.25, 0.3) is 22.3 Å². The van der Waals surface area contributed by atoms with E-state index in [0.29, 0.717) is 41.1 Å². The van der Waals surface area contributed by atoms with Crippen molar-refractivity contribution in [1.29, 1.82) is 0 Å². The molecule has 4 heterocycles. The number of ether oxygens (including phenoxy) is 3. The Morgan fingerprint density at radius 2 is 1.86 bits per heavy atom. The van der Waals surface area contributed by atoms with E-state index in [-0.39, 0.29) is 60.4 Å². The van der Waals surface area contributed by atoms with E-state index in [9.17, 15) is 24.3 Å². The molecule has 0 bridgehead atoms. The van der Waals surface area contributed by atoms with E-state index in [1.54, 1.807) is 60.0 Å². The summed E-state index contributed by atoms with van der Waals surface area (Å²) in [5.41, 5.74) is 8.63. The first-order chi connectivity index (χ1) is 24.1. The van der Waals surface area contributed by atoms with Gasteiger partial charge in [-0.25, -0.2) is 14.6 Å². The van der Waals surface area contributed by atoms with Crippen LogP contribution in [0.1, 0.15) is 80.7 Å². The van der Waals surface area contributed by atoms with Crippen LogP contribution in [-0.2, 0) is 55.6 Å². The Kier molecular flexibility index (Phi) is 9.92. The highest BCUT2D eigenvalue weighted by Gasteiger charge is 2.51. The van der Waals surface area contributed by atoms with Crippen molar-refractivity contribution in [2.75, 3.05) is 11.9 Å². The fourth-order valence-corrected chi connectivity index (χ4v) is 7.01. The molecule has 0 saturated heterocycles. The zero-order chi connectivity index (χ0) is 35.6. The molecule has 0 fully saturated rings. The number of nitrogens with one attached hydrogen (secondary N) is 1. The van der Waals surface area contributed by atoms with Crippen molar-refractivity contribution in [3.05, 3.63) is 86.7 Å². The van der Waals surface area contributed by atoms with Gasteiger partial charge < -0.3 is 34.9 Å². The molecule has 4 N–H and O–H groups in total. The van der Waals surface area contributed by atoms with E-state index < -0.39 is 17.7 Å². The van der Waals surface area contributed by atoms with Crippen molar-refractivity contribution >= 4 is 34.6 Å². The first-order valence-corrected chi connectivity index (χ1v) is 17.2. The maximum absolute atomic E-state index is 13.9. The summed E-state index contributed by atoms with van der Waals surface area (Å²) in [7, 11) is 0. The van der Waals surface area contributed by atoms with Gasteiger partial charge in [-0.3, -0.25) is 9.59 Å². The molecule has 0 spiro atoms. The molecule has 2 aliphatic rings. The number of benzene rings is 2. The van der Waals surface area contributed by atoms with Gasteiger partial charge in [-0.05, 0) is 86.2 Å². The number of carbonyl (C=O) groups excluding carboxylic acids is 3. The number of anilines is 1. The number of cyclic esters (lactones) is 1. The van der Waals surface area contributed by atoms with Crippen molar-refractivity contribution in [1.82, 2.24) is 9.55 Å². The van der Waals surface area contributed by atoms with Gasteiger partial charge in [0, 0.05) is 28.1 Å². The van der Waals surface area contributed by atoms with Crippen LogP contribution >= 0.6 is 0 Å². The number of phenolic OH excluding ortho intramolecular Hbond substituents is 1. The summed E-state index contributed by atoms with van der Waals surface area (Å²) in [6.45, 7) is 6.12.